The molecule has 7 nitrogen and oxygen atoms in total. The molecule has 1 aromatic heterocycles. The summed E-state index contributed by atoms with van der Waals surface area (Å²) >= 11 is 0. The third-order valence-electron chi connectivity index (χ3n) is 2.83. The molecule has 0 saturated carbocycles. The van der Waals surface area contributed by atoms with E-state index in [0.29, 0.717) is 5.56 Å². The first-order valence-corrected chi connectivity index (χ1v) is 8.04. The molecular formula is C13H13FN2O5S. The second-order valence-electron chi connectivity index (χ2n) is 4.69. The largest absolute Gasteiger partial charge is 0.477 e. The van der Waals surface area contributed by atoms with Crippen molar-refractivity contribution in [2.45, 2.75) is 13.0 Å². The van der Waals surface area contributed by atoms with E-state index in [1.807, 2.05) is 0 Å². The molecule has 0 radical (unpaired) electrons. The van der Waals surface area contributed by atoms with Gasteiger partial charge in [-0.25, -0.2) is 22.3 Å². The van der Waals surface area contributed by atoms with Crippen molar-refractivity contribution in [3.8, 4) is 11.3 Å². The summed E-state index contributed by atoms with van der Waals surface area (Å²) in [6.45, 7) is 1.43. The van der Waals surface area contributed by atoms with E-state index in [2.05, 4.69) is 9.88 Å². The van der Waals surface area contributed by atoms with E-state index in [4.69, 9.17) is 4.52 Å². The van der Waals surface area contributed by atoms with E-state index >= 15 is 0 Å². The van der Waals surface area contributed by atoms with Crippen LogP contribution in [0.1, 0.15) is 29.1 Å². The molecule has 0 fully saturated rings. The van der Waals surface area contributed by atoms with Crippen LogP contribution in [0, 0.1) is 5.82 Å². The quantitative estimate of drug-likeness (QED) is 0.866. The molecule has 0 amide bonds. The summed E-state index contributed by atoms with van der Waals surface area (Å²) in [4.78, 5) is 11.5. The van der Waals surface area contributed by atoms with Crippen molar-refractivity contribution in [1.29, 1.82) is 0 Å². The number of nitrogens with zero attached hydrogens (tertiary/aromatic N) is 1. The third-order valence-corrected chi connectivity index (χ3v) is 3.62. The number of nitrogens with one attached hydrogen (secondary N) is 1. The number of aromatic carboxylic acids is 1. The lowest BCUT2D eigenvalue weighted by Gasteiger charge is -2.09. The molecule has 1 atom stereocenters. The molecule has 0 bridgehead atoms. The number of carboxylic acids is 1. The van der Waals surface area contributed by atoms with Gasteiger partial charge in [0.1, 0.15) is 17.1 Å². The topological polar surface area (TPSA) is 110 Å². The van der Waals surface area contributed by atoms with E-state index in [0.717, 1.165) is 18.4 Å². The summed E-state index contributed by atoms with van der Waals surface area (Å²) in [6.07, 6.45) is 0.946. The zero-order valence-electron chi connectivity index (χ0n) is 11.7. The summed E-state index contributed by atoms with van der Waals surface area (Å²) in [5, 5.41) is 13.0. The van der Waals surface area contributed by atoms with Gasteiger partial charge in [-0.2, -0.15) is 0 Å². The maximum Gasteiger partial charge on any atom is 0.341 e. The normalized spacial score (nSPS) is 13.0. The van der Waals surface area contributed by atoms with Gasteiger partial charge >= 0.3 is 5.97 Å². The lowest BCUT2D eigenvalue weighted by Crippen LogP contribution is -2.26. The summed E-state index contributed by atoms with van der Waals surface area (Å²) in [5.74, 6) is -1.92. The zero-order chi connectivity index (χ0) is 16.5. The predicted molar refractivity (Wildman–Crippen MR) is 75.3 cm³/mol. The molecular weight excluding hydrogens is 315 g/mol. The Bertz CT molecular complexity index is 798. The van der Waals surface area contributed by atoms with E-state index < -0.39 is 27.9 Å². The van der Waals surface area contributed by atoms with Gasteiger partial charge in [0.2, 0.25) is 10.0 Å². The highest BCUT2D eigenvalue weighted by molar-refractivity contribution is 7.88. The van der Waals surface area contributed by atoms with Gasteiger partial charge in [0.25, 0.3) is 0 Å². The summed E-state index contributed by atoms with van der Waals surface area (Å²) in [5.41, 5.74) is 0.0836. The van der Waals surface area contributed by atoms with E-state index in [9.17, 15) is 22.7 Å². The predicted octanol–water partition coefficient (Wildman–Crippen LogP) is 1.79. The van der Waals surface area contributed by atoms with Crippen LogP contribution in [0.4, 0.5) is 4.39 Å². The molecule has 0 saturated heterocycles. The second kappa shape index (κ2) is 5.85. The number of halogens is 1. The minimum atomic E-state index is -3.56. The highest BCUT2D eigenvalue weighted by Crippen LogP contribution is 2.29. The molecule has 22 heavy (non-hydrogen) atoms. The highest BCUT2D eigenvalue weighted by atomic mass is 32.2. The monoisotopic (exact) mass is 328 g/mol. The smallest absolute Gasteiger partial charge is 0.341 e. The van der Waals surface area contributed by atoms with Crippen LogP contribution in [-0.4, -0.2) is 30.9 Å². The number of hydrogen-bond donors (Lipinski definition) is 2. The van der Waals surface area contributed by atoms with Crippen LogP contribution in [-0.2, 0) is 10.0 Å². The molecule has 0 spiro atoms. The Labute approximate surface area is 125 Å². The van der Waals surface area contributed by atoms with Gasteiger partial charge < -0.3 is 9.63 Å². The molecule has 2 aromatic rings. The molecule has 2 rings (SSSR count). The Morgan fingerprint density at radius 3 is 2.45 bits per heavy atom. The van der Waals surface area contributed by atoms with Gasteiger partial charge in [-0.15, -0.1) is 0 Å². The van der Waals surface area contributed by atoms with Gasteiger partial charge in [0, 0.05) is 5.56 Å². The molecule has 2 N–H and O–H groups in total. The maximum absolute atomic E-state index is 12.9. The lowest BCUT2D eigenvalue weighted by molar-refractivity contribution is 0.0694. The fourth-order valence-electron chi connectivity index (χ4n) is 1.98. The second-order valence-corrected chi connectivity index (χ2v) is 6.47. The summed E-state index contributed by atoms with van der Waals surface area (Å²) in [7, 11) is -3.56. The van der Waals surface area contributed by atoms with E-state index in [1.54, 1.807) is 0 Å². The van der Waals surface area contributed by atoms with Crippen molar-refractivity contribution in [2.75, 3.05) is 6.26 Å². The van der Waals surface area contributed by atoms with Crippen molar-refractivity contribution in [3.05, 3.63) is 41.4 Å². The average molecular weight is 328 g/mol. The van der Waals surface area contributed by atoms with Gasteiger partial charge in [0.15, 0.2) is 5.76 Å². The summed E-state index contributed by atoms with van der Waals surface area (Å²) in [6, 6.07) is 4.12. The Balaban J connectivity index is 2.50. The maximum atomic E-state index is 12.9. The number of benzene rings is 1. The first-order valence-electron chi connectivity index (χ1n) is 6.15. The van der Waals surface area contributed by atoms with E-state index in [1.165, 1.54) is 19.1 Å². The SMILES string of the molecule is CC(NS(C)(=O)=O)c1onc(-c2ccc(F)cc2)c1C(=O)O. The zero-order valence-corrected chi connectivity index (χ0v) is 12.5. The Morgan fingerprint density at radius 1 is 1.36 bits per heavy atom. The number of rotatable bonds is 5. The molecule has 1 unspecified atom stereocenters. The molecule has 0 aliphatic heterocycles. The van der Waals surface area contributed by atoms with Crippen molar-refractivity contribution in [1.82, 2.24) is 9.88 Å². The van der Waals surface area contributed by atoms with Crippen LogP contribution in [0.2, 0.25) is 0 Å². The van der Waals surface area contributed by atoms with Gasteiger partial charge in [-0.1, -0.05) is 5.16 Å². The standard InChI is InChI=1S/C13H13FN2O5S/c1-7(16-22(2,19)20)12-10(13(17)18)11(15-21-12)8-3-5-9(14)6-4-8/h3-7,16H,1-2H3,(H,17,18). The third kappa shape index (κ3) is 3.49. The van der Waals surface area contributed by atoms with Crippen LogP contribution in [0.25, 0.3) is 11.3 Å². The van der Waals surface area contributed by atoms with Crippen LogP contribution in [0.3, 0.4) is 0 Å². The van der Waals surface area contributed by atoms with Crippen molar-refractivity contribution in [3.63, 3.8) is 0 Å². The Hall–Kier alpha value is -2.26. The van der Waals surface area contributed by atoms with Crippen LogP contribution in [0.5, 0.6) is 0 Å². The first-order chi connectivity index (χ1) is 10.2. The van der Waals surface area contributed by atoms with Gasteiger partial charge in [-0.3, -0.25) is 0 Å². The minimum absolute atomic E-state index is 0.00431. The molecule has 9 heteroatoms. The minimum Gasteiger partial charge on any atom is -0.477 e. The molecule has 0 aliphatic carbocycles. The van der Waals surface area contributed by atoms with E-state index in [-0.39, 0.29) is 17.0 Å². The number of aromatic nitrogens is 1. The average Bonchev–Trinajstić information content (AvgIpc) is 2.82. The van der Waals surface area contributed by atoms with Gasteiger partial charge in [0.05, 0.1) is 12.3 Å². The van der Waals surface area contributed by atoms with Crippen molar-refractivity contribution in [2.24, 2.45) is 0 Å². The van der Waals surface area contributed by atoms with Crippen molar-refractivity contribution >= 4 is 16.0 Å². The molecule has 1 heterocycles. The lowest BCUT2D eigenvalue weighted by atomic mass is 10.0. The Morgan fingerprint density at radius 2 is 1.95 bits per heavy atom. The molecule has 0 aliphatic rings. The fraction of sp³-hybridized carbons (Fsp3) is 0.231. The molecule has 1 aromatic carbocycles. The highest BCUT2D eigenvalue weighted by Gasteiger charge is 2.28. The Kier molecular flexibility index (Phi) is 4.29. The number of sulfonamides is 1. The first kappa shape index (κ1) is 16.1. The van der Waals surface area contributed by atoms with Crippen LogP contribution in [0.15, 0.2) is 28.8 Å². The van der Waals surface area contributed by atoms with Crippen molar-refractivity contribution < 1.29 is 27.2 Å². The number of hydrogen-bond acceptors (Lipinski definition) is 5. The molecule has 118 valence electrons. The fourth-order valence-corrected chi connectivity index (χ4v) is 2.73. The number of carboxylic acid groups (broad SMARTS) is 1. The number of carbonyl (C=O) groups is 1. The van der Waals surface area contributed by atoms with Gasteiger partial charge in [-0.05, 0) is 31.2 Å². The van der Waals surface area contributed by atoms with Crippen LogP contribution < -0.4 is 4.72 Å². The summed E-state index contributed by atoms with van der Waals surface area (Å²) < 4.78 is 42.7. The van der Waals surface area contributed by atoms with Crippen LogP contribution >= 0.6 is 0 Å².